The minimum Gasteiger partial charge on any atom is -0.466 e. The van der Waals surface area contributed by atoms with Gasteiger partial charge in [0.2, 0.25) is 0 Å². The molecule has 0 bridgehead atoms. The van der Waals surface area contributed by atoms with Gasteiger partial charge in [-0.25, -0.2) is 9.18 Å². The van der Waals surface area contributed by atoms with Crippen LogP contribution in [0, 0.1) is 11.7 Å². The zero-order valence-corrected chi connectivity index (χ0v) is 22.6. The minimum absolute atomic E-state index is 0.207. The molecule has 1 unspecified atom stereocenters. The van der Waals surface area contributed by atoms with E-state index in [2.05, 4.69) is 20.1 Å². The molecule has 38 heavy (non-hydrogen) atoms. The predicted octanol–water partition coefficient (Wildman–Crippen LogP) is 4.59. The molecule has 2 fully saturated rings. The van der Waals surface area contributed by atoms with Gasteiger partial charge >= 0.3 is 5.97 Å². The second-order valence-electron chi connectivity index (χ2n) is 10.4. The lowest BCUT2D eigenvalue weighted by Gasteiger charge is -2.38. The van der Waals surface area contributed by atoms with E-state index >= 15 is 0 Å². The van der Waals surface area contributed by atoms with Crippen molar-refractivity contribution in [2.24, 2.45) is 10.9 Å². The van der Waals surface area contributed by atoms with Gasteiger partial charge in [-0.15, -0.1) is 0 Å². The first-order valence-electron chi connectivity index (χ1n) is 13.5. The molecule has 0 amide bonds. The van der Waals surface area contributed by atoms with Crippen molar-refractivity contribution in [3.63, 3.8) is 0 Å². The number of hydrogen-bond acceptors (Lipinski definition) is 7. The molecule has 1 saturated heterocycles. The van der Waals surface area contributed by atoms with Crippen molar-refractivity contribution in [3.05, 3.63) is 76.0 Å². The molecule has 0 radical (unpaired) electrons. The number of benzene rings is 1. The Labute approximate surface area is 228 Å². The van der Waals surface area contributed by atoms with Gasteiger partial charge in [0.1, 0.15) is 17.6 Å². The zero-order valence-electron chi connectivity index (χ0n) is 21.8. The Morgan fingerprint density at radius 1 is 1.11 bits per heavy atom. The Hall–Kier alpha value is -2.81. The Balaban J connectivity index is 1.40. The van der Waals surface area contributed by atoms with Crippen molar-refractivity contribution < 1.29 is 13.9 Å². The molecule has 2 aromatic rings. The Bertz CT molecular complexity index is 1190. The van der Waals surface area contributed by atoms with E-state index in [1.165, 1.54) is 57.9 Å². The van der Waals surface area contributed by atoms with Gasteiger partial charge in [0.25, 0.3) is 0 Å². The van der Waals surface area contributed by atoms with Gasteiger partial charge in [0, 0.05) is 61.7 Å². The summed E-state index contributed by atoms with van der Waals surface area (Å²) < 4.78 is 19.1. The number of carbonyl (C=O) groups is 1. The summed E-state index contributed by atoms with van der Waals surface area (Å²) in [7, 11) is 1.36. The third kappa shape index (κ3) is 6.25. The minimum atomic E-state index is -0.753. The summed E-state index contributed by atoms with van der Waals surface area (Å²) in [6.45, 7) is 5.54. The molecule has 1 saturated carbocycles. The van der Waals surface area contributed by atoms with Crippen LogP contribution in [0.5, 0.6) is 0 Å². The molecule has 1 aliphatic carbocycles. The highest BCUT2D eigenvalue weighted by Crippen LogP contribution is 2.36. The van der Waals surface area contributed by atoms with E-state index in [9.17, 15) is 9.18 Å². The van der Waals surface area contributed by atoms with Gasteiger partial charge in [-0.2, -0.15) is 0 Å². The van der Waals surface area contributed by atoms with Crippen molar-refractivity contribution in [1.82, 2.24) is 20.1 Å². The fourth-order valence-corrected chi connectivity index (χ4v) is 6.01. The first kappa shape index (κ1) is 26.8. The molecule has 3 heterocycles. The summed E-state index contributed by atoms with van der Waals surface area (Å²) in [5, 5.41) is 3.59. The first-order valence-corrected chi connectivity index (χ1v) is 13.9. The number of pyridine rings is 1. The Kier molecular flexibility index (Phi) is 8.72. The summed E-state index contributed by atoms with van der Waals surface area (Å²) in [4.78, 5) is 27.4. The van der Waals surface area contributed by atoms with Gasteiger partial charge < -0.3 is 15.0 Å². The van der Waals surface area contributed by atoms with Crippen LogP contribution in [0.15, 0.2) is 58.9 Å². The van der Waals surface area contributed by atoms with E-state index in [1.54, 1.807) is 12.3 Å². The maximum absolute atomic E-state index is 13.9. The smallest absolute Gasteiger partial charge is 0.338 e. The van der Waals surface area contributed by atoms with Gasteiger partial charge in [-0.3, -0.25) is 14.9 Å². The number of rotatable bonds is 7. The SMILES string of the molecule is COC(=O)C1=C(CN2CCN(CC3CCCCC3)CC2)NC(c2ccccn2)=NC1c1ccc(F)cc1Cl. The molecule has 2 aliphatic heterocycles. The summed E-state index contributed by atoms with van der Waals surface area (Å²) in [5.41, 5.74) is 2.27. The van der Waals surface area contributed by atoms with Gasteiger partial charge in [0.05, 0.1) is 12.7 Å². The van der Waals surface area contributed by atoms with Crippen LogP contribution >= 0.6 is 11.6 Å². The number of hydrogen-bond donors (Lipinski definition) is 1. The maximum atomic E-state index is 13.9. The number of aromatic nitrogens is 1. The van der Waals surface area contributed by atoms with E-state index in [-0.39, 0.29) is 5.02 Å². The lowest BCUT2D eigenvalue weighted by Crippen LogP contribution is -2.50. The number of nitrogens with one attached hydrogen (secondary N) is 1. The van der Waals surface area contributed by atoms with E-state index in [0.29, 0.717) is 34.9 Å². The summed E-state index contributed by atoms with van der Waals surface area (Å²) in [6, 6.07) is 8.99. The van der Waals surface area contributed by atoms with Crippen molar-refractivity contribution in [1.29, 1.82) is 0 Å². The van der Waals surface area contributed by atoms with Crippen LogP contribution in [-0.4, -0.2) is 73.0 Å². The van der Waals surface area contributed by atoms with Crippen LogP contribution in [0.1, 0.15) is 49.4 Å². The Morgan fingerprint density at radius 3 is 2.55 bits per heavy atom. The summed E-state index contributed by atoms with van der Waals surface area (Å²) in [5.74, 6) is 0.422. The molecule has 1 aromatic carbocycles. The highest BCUT2D eigenvalue weighted by molar-refractivity contribution is 6.31. The van der Waals surface area contributed by atoms with Gasteiger partial charge in [-0.05, 0) is 43.0 Å². The topological polar surface area (TPSA) is 70.1 Å². The van der Waals surface area contributed by atoms with Gasteiger partial charge in [-0.1, -0.05) is 43.0 Å². The molecule has 0 spiro atoms. The first-order chi connectivity index (χ1) is 18.5. The molecule has 202 valence electrons. The van der Waals surface area contributed by atoms with E-state index in [0.717, 1.165) is 32.1 Å². The molecule has 1 N–H and O–H groups in total. The summed E-state index contributed by atoms with van der Waals surface area (Å²) in [6.07, 6.45) is 8.50. The molecular formula is C29H35ClFN5O2. The molecule has 9 heteroatoms. The number of methoxy groups -OCH3 is 1. The lowest BCUT2D eigenvalue weighted by molar-refractivity contribution is -0.136. The largest absolute Gasteiger partial charge is 0.466 e. The second kappa shape index (κ2) is 12.4. The molecule has 1 aromatic heterocycles. The van der Waals surface area contributed by atoms with Gasteiger partial charge in [0.15, 0.2) is 5.84 Å². The van der Waals surface area contributed by atoms with Crippen LogP contribution < -0.4 is 5.32 Å². The third-order valence-corrected chi connectivity index (χ3v) is 8.11. The molecule has 5 rings (SSSR count). The maximum Gasteiger partial charge on any atom is 0.338 e. The number of esters is 1. The lowest BCUT2D eigenvalue weighted by atomic mass is 9.89. The van der Waals surface area contributed by atoms with Crippen LogP contribution in [0.25, 0.3) is 0 Å². The fourth-order valence-electron chi connectivity index (χ4n) is 5.74. The standard InChI is InChI=1S/C29H35ClFN5O2/c1-38-29(37)26-25(19-36-15-13-35(14-16-36)18-20-7-3-2-4-8-20)33-28(24-9-5-6-12-32-24)34-27(26)22-11-10-21(31)17-23(22)30/h5-6,9-12,17,20,27H,2-4,7-8,13-16,18-19H2,1H3,(H,33,34). The van der Waals surface area contributed by atoms with Crippen LogP contribution in [0.2, 0.25) is 5.02 Å². The third-order valence-electron chi connectivity index (χ3n) is 7.78. The number of nitrogens with zero attached hydrogens (tertiary/aromatic N) is 4. The van der Waals surface area contributed by atoms with Crippen molar-refractivity contribution in [2.75, 3.05) is 46.4 Å². The fraction of sp³-hybridized carbons (Fsp3) is 0.483. The Morgan fingerprint density at radius 2 is 1.87 bits per heavy atom. The molecular weight excluding hydrogens is 505 g/mol. The average molecular weight is 540 g/mol. The monoisotopic (exact) mass is 539 g/mol. The van der Waals surface area contributed by atoms with Crippen LogP contribution in [0.3, 0.4) is 0 Å². The highest BCUT2D eigenvalue weighted by Gasteiger charge is 2.34. The number of aliphatic imine (C=N–C) groups is 1. The number of amidine groups is 1. The highest BCUT2D eigenvalue weighted by atomic mass is 35.5. The molecule has 1 atom stereocenters. The molecule has 3 aliphatic rings. The number of carbonyl (C=O) groups excluding carboxylic acids is 1. The van der Waals surface area contributed by atoms with Crippen molar-refractivity contribution >= 4 is 23.4 Å². The van der Waals surface area contributed by atoms with E-state index < -0.39 is 17.8 Å². The quantitative estimate of drug-likeness (QED) is 0.519. The number of halogens is 2. The van der Waals surface area contributed by atoms with Crippen LogP contribution in [-0.2, 0) is 9.53 Å². The van der Waals surface area contributed by atoms with E-state index in [1.807, 2.05) is 18.2 Å². The summed E-state index contributed by atoms with van der Waals surface area (Å²) >= 11 is 6.47. The van der Waals surface area contributed by atoms with Crippen molar-refractivity contribution in [2.45, 2.75) is 38.1 Å². The molecule has 7 nitrogen and oxygen atoms in total. The zero-order chi connectivity index (χ0) is 26.5. The number of piperazine rings is 1. The predicted molar refractivity (Wildman–Crippen MR) is 147 cm³/mol. The number of ether oxygens (including phenoxy) is 1. The second-order valence-corrected chi connectivity index (χ2v) is 10.8. The van der Waals surface area contributed by atoms with Crippen molar-refractivity contribution in [3.8, 4) is 0 Å². The van der Waals surface area contributed by atoms with Crippen LogP contribution in [0.4, 0.5) is 4.39 Å². The average Bonchev–Trinajstić information content (AvgIpc) is 2.94. The normalized spacial score (nSPS) is 21.7. The van der Waals surface area contributed by atoms with E-state index in [4.69, 9.17) is 21.3 Å².